The van der Waals surface area contributed by atoms with Crippen LogP contribution in [0.4, 0.5) is 0 Å². The molecule has 0 saturated carbocycles. The van der Waals surface area contributed by atoms with Gasteiger partial charge in [0.15, 0.2) is 0 Å². The van der Waals surface area contributed by atoms with Crippen LogP contribution in [0.1, 0.15) is 23.7 Å². The van der Waals surface area contributed by atoms with Gasteiger partial charge in [0.25, 0.3) is 0 Å². The molecule has 1 rings (SSSR count). The molecule has 1 aromatic rings. The Morgan fingerprint density at radius 3 is 2.44 bits per heavy atom. The average molecular weight is 314 g/mol. The number of halogens is 2. The minimum atomic E-state index is -0.418. The summed E-state index contributed by atoms with van der Waals surface area (Å²) in [5.41, 5.74) is 5.82. The number of hydrogen-bond acceptors (Lipinski definition) is 4. The van der Waals surface area contributed by atoms with Crippen molar-refractivity contribution in [2.45, 2.75) is 33.4 Å². The molecule has 0 aliphatic carbocycles. The molecule has 18 heavy (non-hydrogen) atoms. The van der Waals surface area contributed by atoms with Crippen LogP contribution < -0.4 is 5.73 Å². The molecule has 7 heteroatoms. The smallest absolute Gasteiger partial charge is 0.239 e. The lowest BCUT2D eigenvalue weighted by atomic mass is 10.0. The third-order valence-electron chi connectivity index (χ3n) is 2.44. The first-order chi connectivity index (χ1) is 7.41. The largest absolute Gasteiger partial charge is 0.339 e. The maximum Gasteiger partial charge on any atom is 0.239 e. The summed E-state index contributed by atoms with van der Waals surface area (Å²) in [5.74, 6) is 0.152. The van der Waals surface area contributed by atoms with E-state index in [2.05, 4.69) is 4.98 Å². The summed E-state index contributed by atoms with van der Waals surface area (Å²) in [7, 11) is 1.78. The second-order valence-corrected chi connectivity index (χ2v) is 5.63. The van der Waals surface area contributed by atoms with Crippen LogP contribution in [0.2, 0.25) is 0 Å². The van der Waals surface area contributed by atoms with E-state index >= 15 is 0 Å². The van der Waals surface area contributed by atoms with Gasteiger partial charge >= 0.3 is 0 Å². The summed E-state index contributed by atoms with van der Waals surface area (Å²) in [6.45, 7) is 6.45. The molecule has 0 spiro atoms. The first-order valence-electron chi connectivity index (χ1n) is 5.33. The Hall–Kier alpha value is -0.360. The second kappa shape index (κ2) is 8.69. The van der Waals surface area contributed by atoms with E-state index in [1.54, 1.807) is 23.3 Å². The fourth-order valence-electron chi connectivity index (χ4n) is 1.33. The SMILES string of the molecule is Cc1ncc(CN(C)C(=O)[C@H](N)C(C)C)s1.Cl.Cl. The van der Waals surface area contributed by atoms with E-state index in [-0.39, 0.29) is 36.6 Å². The molecule has 0 bridgehead atoms. The molecule has 0 aromatic carbocycles. The molecule has 0 unspecified atom stereocenters. The number of aromatic nitrogens is 1. The van der Waals surface area contributed by atoms with Gasteiger partial charge in [0.05, 0.1) is 17.6 Å². The predicted octanol–water partition coefficient (Wildman–Crippen LogP) is 2.24. The van der Waals surface area contributed by atoms with Crippen LogP contribution >= 0.6 is 36.2 Å². The van der Waals surface area contributed by atoms with Crippen molar-refractivity contribution in [3.05, 3.63) is 16.1 Å². The van der Waals surface area contributed by atoms with Crippen LogP contribution in [0.25, 0.3) is 0 Å². The fourth-order valence-corrected chi connectivity index (χ4v) is 2.18. The summed E-state index contributed by atoms with van der Waals surface area (Å²) in [6, 6.07) is -0.418. The van der Waals surface area contributed by atoms with Crippen LogP contribution in [-0.2, 0) is 11.3 Å². The second-order valence-electron chi connectivity index (χ2n) is 4.31. The zero-order valence-corrected chi connectivity index (χ0v) is 13.5. The van der Waals surface area contributed by atoms with Crippen molar-refractivity contribution in [1.29, 1.82) is 0 Å². The highest BCUT2D eigenvalue weighted by molar-refractivity contribution is 7.11. The first kappa shape index (κ1) is 20.0. The van der Waals surface area contributed by atoms with Crippen LogP contribution in [-0.4, -0.2) is 28.9 Å². The number of amides is 1. The van der Waals surface area contributed by atoms with Gasteiger partial charge in [0, 0.05) is 18.1 Å². The number of carbonyl (C=O) groups excluding carboxylic acids is 1. The third-order valence-corrected chi connectivity index (χ3v) is 3.34. The van der Waals surface area contributed by atoms with E-state index in [1.807, 2.05) is 27.0 Å². The molecule has 1 heterocycles. The average Bonchev–Trinajstić information content (AvgIpc) is 2.61. The van der Waals surface area contributed by atoms with Gasteiger partial charge in [0.2, 0.25) is 5.91 Å². The predicted molar refractivity (Wildman–Crippen MR) is 80.6 cm³/mol. The standard InChI is InChI=1S/C11H19N3OS.2ClH/c1-7(2)10(12)11(15)14(4)6-9-5-13-8(3)16-9;;/h5,7,10H,6,12H2,1-4H3;2*1H/t10-;;/m1../s1. The quantitative estimate of drug-likeness (QED) is 0.927. The summed E-state index contributed by atoms with van der Waals surface area (Å²) in [6.07, 6.45) is 1.81. The Balaban J connectivity index is 0. The van der Waals surface area contributed by atoms with Crippen molar-refractivity contribution in [1.82, 2.24) is 9.88 Å². The number of hydrogen-bond donors (Lipinski definition) is 1. The molecule has 1 amide bonds. The number of likely N-dealkylation sites (N-methyl/N-ethyl adjacent to an activating group) is 1. The van der Waals surface area contributed by atoms with Gasteiger partial charge in [-0.15, -0.1) is 36.2 Å². The van der Waals surface area contributed by atoms with Gasteiger partial charge in [-0.1, -0.05) is 13.8 Å². The van der Waals surface area contributed by atoms with Crippen LogP contribution in [0.5, 0.6) is 0 Å². The highest BCUT2D eigenvalue weighted by atomic mass is 35.5. The lowest BCUT2D eigenvalue weighted by Crippen LogP contribution is -2.44. The molecule has 0 aliphatic rings. The normalized spacial score (nSPS) is 11.4. The number of thiazole rings is 1. The van der Waals surface area contributed by atoms with Crippen molar-refractivity contribution in [2.75, 3.05) is 7.05 Å². The van der Waals surface area contributed by atoms with Gasteiger partial charge in [-0.2, -0.15) is 0 Å². The highest BCUT2D eigenvalue weighted by Gasteiger charge is 2.21. The van der Waals surface area contributed by atoms with Gasteiger partial charge in [-0.05, 0) is 12.8 Å². The van der Waals surface area contributed by atoms with E-state index in [0.717, 1.165) is 9.88 Å². The third kappa shape index (κ3) is 5.52. The molecular weight excluding hydrogens is 293 g/mol. The minimum Gasteiger partial charge on any atom is -0.339 e. The highest BCUT2D eigenvalue weighted by Crippen LogP contribution is 2.14. The number of nitrogens with zero attached hydrogens (tertiary/aromatic N) is 2. The summed E-state index contributed by atoms with van der Waals surface area (Å²) < 4.78 is 0. The Morgan fingerprint density at radius 2 is 2.06 bits per heavy atom. The van der Waals surface area contributed by atoms with Crippen LogP contribution in [0, 0.1) is 12.8 Å². The van der Waals surface area contributed by atoms with Gasteiger partial charge in [-0.25, -0.2) is 4.98 Å². The topological polar surface area (TPSA) is 59.2 Å². The van der Waals surface area contributed by atoms with Crippen molar-refractivity contribution in [2.24, 2.45) is 11.7 Å². The molecule has 0 saturated heterocycles. The maximum absolute atomic E-state index is 11.9. The van der Waals surface area contributed by atoms with E-state index in [4.69, 9.17) is 5.73 Å². The molecule has 2 N–H and O–H groups in total. The van der Waals surface area contributed by atoms with Crippen molar-refractivity contribution in [3.8, 4) is 0 Å². The Morgan fingerprint density at radius 1 is 1.50 bits per heavy atom. The lowest BCUT2D eigenvalue weighted by molar-refractivity contribution is -0.132. The minimum absolute atomic E-state index is 0. The van der Waals surface area contributed by atoms with Crippen molar-refractivity contribution in [3.63, 3.8) is 0 Å². The Labute approximate surface area is 125 Å². The Bertz CT molecular complexity index is 371. The molecule has 0 radical (unpaired) electrons. The van der Waals surface area contributed by atoms with Gasteiger partial charge < -0.3 is 10.6 Å². The van der Waals surface area contributed by atoms with Crippen molar-refractivity contribution < 1.29 is 4.79 Å². The zero-order valence-electron chi connectivity index (χ0n) is 11.0. The molecule has 106 valence electrons. The molecule has 1 atom stereocenters. The molecule has 1 aromatic heterocycles. The number of aryl methyl sites for hydroxylation is 1. The zero-order chi connectivity index (χ0) is 12.3. The maximum atomic E-state index is 11.9. The Kier molecular flexibility index (Phi) is 9.64. The van der Waals surface area contributed by atoms with Crippen LogP contribution in [0.3, 0.4) is 0 Å². The van der Waals surface area contributed by atoms with Gasteiger partial charge in [0.1, 0.15) is 0 Å². The number of carbonyl (C=O) groups is 1. The summed E-state index contributed by atoms with van der Waals surface area (Å²) in [5, 5.41) is 1.02. The van der Waals surface area contributed by atoms with E-state index in [9.17, 15) is 4.79 Å². The summed E-state index contributed by atoms with van der Waals surface area (Å²) in [4.78, 5) is 18.8. The molecule has 0 fully saturated rings. The van der Waals surface area contributed by atoms with Crippen molar-refractivity contribution >= 4 is 42.1 Å². The van der Waals surface area contributed by atoms with E-state index in [1.165, 1.54) is 0 Å². The lowest BCUT2D eigenvalue weighted by Gasteiger charge is -2.22. The fraction of sp³-hybridized carbons (Fsp3) is 0.636. The summed E-state index contributed by atoms with van der Waals surface area (Å²) >= 11 is 1.61. The number of nitrogens with two attached hydrogens (primary N) is 1. The monoisotopic (exact) mass is 313 g/mol. The number of rotatable bonds is 4. The first-order valence-corrected chi connectivity index (χ1v) is 6.15. The molecular formula is C11H21Cl2N3OS. The van der Waals surface area contributed by atoms with E-state index < -0.39 is 6.04 Å². The molecule has 0 aliphatic heterocycles. The van der Waals surface area contributed by atoms with Gasteiger partial charge in [-0.3, -0.25) is 4.79 Å². The molecule has 4 nitrogen and oxygen atoms in total. The van der Waals surface area contributed by atoms with E-state index in [0.29, 0.717) is 6.54 Å². The van der Waals surface area contributed by atoms with Crippen LogP contribution in [0.15, 0.2) is 6.20 Å².